The average Bonchev–Trinajstić information content (AvgIpc) is 2.76. The third-order valence-corrected chi connectivity index (χ3v) is 6.14. The molecule has 2 N–H and O–H groups in total. The number of aryl methyl sites for hydroxylation is 1. The van der Waals surface area contributed by atoms with Gasteiger partial charge in [-0.25, -0.2) is 8.78 Å². The molecule has 0 aliphatic carbocycles. The summed E-state index contributed by atoms with van der Waals surface area (Å²) in [5.74, 6) is -1.87. The van der Waals surface area contributed by atoms with Gasteiger partial charge in [0, 0.05) is 12.6 Å². The molecule has 2 amide bonds. The molecule has 0 radical (unpaired) electrons. The number of benzene rings is 3. The smallest absolute Gasteiger partial charge is 0.262 e. The number of nitrogens with two attached hydrogens (primary N) is 1. The van der Waals surface area contributed by atoms with Crippen LogP contribution in [0.25, 0.3) is 11.1 Å². The van der Waals surface area contributed by atoms with Crippen molar-refractivity contribution >= 4 is 34.8 Å². The normalized spacial score (nSPS) is 13.5. The van der Waals surface area contributed by atoms with Crippen LogP contribution in [-0.2, 0) is 0 Å². The summed E-state index contributed by atoms with van der Waals surface area (Å²) in [6, 6.07) is 14.6. The number of alkyl halides is 1. The Hall–Kier alpha value is -3.45. The summed E-state index contributed by atoms with van der Waals surface area (Å²) in [7, 11) is 1.52. The van der Waals surface area contributed by atoms with Gasteiger partial charge in [0.15, 0.2) is 0 Å². The van der Waals surface area contributed by atoms with Crippen molar-refractivity contribution in [2.24, 2.45) is 5.73 Å². The van der Waals surface area contributed by atoms with E-state index in [1.54, 1.807) is 30.3 Å². The third-order valence-electron chi connectivity index (χ3n) is 5.83. The summed E-state index contributed by atoms with van der Waals surface area (Å²) in [5.41, 5.74) is 9.18. The Morgan fingerprint density at radius 3 is 2.48 bits per heavy atom. The zero-order valence-corrected chi connectivity index (χ0v) is 18.9. The molecule has 1 aliphatic rings. The Balaban J connectivity index is 1.79. The second-order valence-electron chi connectivity index (χ2n) is 8.06. The molecule has 4 rings (SSSR count). The van der Waals surface area contributed by atoms with Crippen molar-refractivity contribution in [2.75, 3.05) is 29.9 Å². The molecule has 1 heterocycles. The van der Waals surface area contributed by atoms with Crippen LogP contribution in [0.1, 0.15) is 26.3 Å². The number of primary amides is 1. The second-order valence-corrected chi connectivity index (χ2v) is 8.47. The zero-order valence-electron chi connectivity index (χ0n) is 18.1. The van der Waals surface area contributed by atoms with Crippen LogP contribution in [0.4, 0.5) is 20.2 Å². The Bertz CT molecular complexity index is 1240. The molecule has 0 aromatic heterocycles. The molecule has 33 heavy (non-hydrogen) atoms. The summed E-state index contributed by atoms with van der Waals surface area (Å²) < 4.78 is 28.1. The molecule has 0 spiro atoms. The van der Waals surface area contributed by atoms with Gasteiger partial charge in [0.25, 0.3) is 5.91 Å². The van der Waals surface area contributed by atoms with Crippen molar-refractivity contribution in [2.45, 2.75) is 13.1 Å². The maximum absolute atomic E-state index is 14.4. The Kier molecular flexibility index (Phi) is 6.08. The summed E-state index contributed by atoms with van der Waals surface area (Å²) in [5, 5.41) is 0.0108. The van der Waals surface area contributed by atoms with Crippen molar-refractivity contribution in [3.8, 4) is 11.1 Å². The Labute approximate surface area is 195 Å². The SMILES string of the molecule is Cc1ccc(C(N)=O)cc1-c1ccc(N(C)C(=O)c2c(F)cccc2Cl)c(N2CC(F)C2)c1. The summed E-state index contributed by atoms with van der Waals surface area (Å²) >= 11 is 6.09. The first-order valence-electron chi connectivity index (χ1n) is 10.3. The van der Waals surface area contributed by atoms with E-state index >= 15 is 0 Å². The fourth-order valence-electron chi connectivity index (χ4n) is 3.91. The van der Waals surface area contributed by atoms with Crippen molar-refractivity contribution in [1.29, 1.82) is 0 Å². The number of amides is 2. The maximum atomic E-state index is 14.4. The quantitative estimate of drug-likeness (QED) is 0.572. The topological polar surface area (TPSA) is 66.6 Å². The summed E-state index contributed by atoms with van der Waals surface area (Å²) in [4.78, 5) is 27.9. The lowest BCUT2D eigenvalue weighted by Crippen LogP contribution is -2.49. The highest BCUT2D eigenvalue weighted by atomic mass is 35.5. The molecule has 0 saturated carbocycles. The van der Waals surface area contributed by atoms with Crippen molar-refractivity contribution < 1.29 is 18.4 Å². The van der Waals surface area contributed by atoms with E-state index in [0.717, 1.165) is 16.7 Å². The molecule has 0 bridgehead atoms. The van der Waals surface area contributed by atoms with Crippen LogP contribution in [0, 0.1) is 12.7 Å². The lowest BCUT2D eigenvalue weighted by atomic mass is 9.96. The van der Waals surface area contributed by atoms with Crippen molar-refractivity contribution in [3.63, 3.8) is 0 Å². The predicted molar refractivity (Wildman–Crippen MR) is 126 cm³/mol. The minimum Gasteiger partial charge on any atom is -0.366 e. The van der Waals surface area contributed by atoms with E-state index in [9.17, 15) is 18.4 Å². The van der Waals surface area contributed by atoms with E-state index in [1.165, 1.54) is 30.1 Å². The minimum absolute atomic E-state index is 0.0108. The second kappa shape index (κ2) is 8.83. The van der Waals surface area contributed by atoms with E-state index < -0.39 is 23.8 Å². The van der Waals surface area contributed by atoms with Gasteiger partial charge in [0.1, 0.15) is 12.0 Å². The van der Waals surface area contributed by atoms with Crippen LogP contribution in [0.2, 0.25) is 5.02 Å². The number of hydrogen-bond acceptors (Lipinski definition) is 3. The van der Waals surface area contributed by atoms with Gasteiger partial charge in [-0.2, -0.15) is 0 Å². The highest BCUT2D eigenvalue weighted by Crippen LogP contribution is 2.38. The number of nitrogens with zero attached hydrogens (tertiary/aromatic N) is 2. The first kappa shape index (κ1) is 22.7. The minimum atomic E-state index is -0.969. The van der Waals surface area contributed by atoms with Crippen LogP contribution in [-0.4, -0.2) is 38.1 Å². The molecule has 1 saturated heterocycles. The lowest BCUT2D eigenvalue weighted by molar-refractivity contribution is 0.0985. The monoisotopic (exact) mass is 469 g/mol. The van der Waals surface area contributed by atoms with Gasteiger partial charge in [-0.3, -0.25) is 9.59 Å². The van der Waals surface area contributed by atoms with Crippen LogP contribution >= 0.6 is 11.6 Å². The average molecular weight is 470 g/mol. The van der Waals surface area contributed by atoms with E-state index in [2.05, 4.69) is 0 Å². The van der Waals surface area contributed by atoms with Gasteiger partial charge in [0.05, 0.1) is 35.1 Å². The number of anilines is 2. The first-order valence-corrected chi connectivity index (χ1v) is 10.7. The highest BCUT2D eigenvalue weighted by molar-refractivity contribution is 6.34. The molecular weight excluding hydrogens is 448 g/mol. The first-order chi connectivity index (χ1) is 15.7. The lowest BCUT2D eigenvalue weighted by Gasteiger charge is -2.39. The van der Waals surface area contributed by atoms with E-state index in [1.807, 2.05) is 17.9 Å². The Morgan fingerprint density at radius 1 is 1.12 bits per heavy atom. The van der Waals surface area contributed by atoms with Gasteiger partial charge >= 0.3 is 0 Å². The van der Waals surface area contributed by atoms with Gasteiger partial charge in [-0.1, -0.05) is 29.8 Å². The third kappa shape index (κ3) is 4.28. The molecule has 1 aliphatic heterocycles. The largest absolute Gasteiger partial charge is 0.366 e. The predicted octanol–water partition coefficient (Wildman–Crippen LogP) is 4.99. The van der Waals surface area contributed by atoms with Gasteiger partial charge in [0.2, 0.25) is 5.91 Å². The standard InChI is InChI=1S/C25H22ClF2N3O2/c1-14-6-7-16(24(29)32)10-18(14)15-8-9-21(22(11-15)31-12-17(27)13-31)30(2)25(33)23-19(26)4-3-5-20(23)28/h3-11,17H,12-13H2,1-2H3,(H2,29,32). The Morgan fingerprint density at radius 2 is 1.85 bits per heavy atom. The molecule has 170 valence electrons. The van der Waals surface area contributed by atoms with Gasteiger partial charge < -0.3 is 15.5 Å². The van der Waals surface area contributed by atoms with Crippen molar-refractivity contribution in [3.05, 3.63) is 82.1 Å². The molecule has 1 fully saturated rings. The molecule has 5 nitrogen and oxygen atoms in total. The van der Waals surface area contributed by atoms with E-state index in [0.29, 0.717) is 16.9 Å². The molecule has 3 aromatic rings. The van der Waals surface area contributed by atoms with Gasteiger partial charge in [-0.15, -0.1) is 0 Å². The summed E-state index contributed by atoms with van der Waals surface area (Å²) in [6.07, 6.45) is -0.969. The van der Waals surface area contributed by atoms with E-state index in [-0.39, 0.29) is 23.7 Å². The fourth-order valence-corrected chi connectivity index (χ4v) is 4.16. The molecular formula is C25H22ClF2N3O2. The van der Waals surface area contributed by atoms with Crippen LogP contribution in [0.3, 0.4) is 0 Å². The molecule has 3 aromatic carbocycles. The zero-order chi connectivity index (χ0) is 23.9. The molecule has 0 atom stereocenters. The van der Waals surface area contributed by atoms with Crippen molar-refractivity contribution in [1.82, 2.24) is 0 Å². The molecule has 8 heteroatoms. The number of hydrogen-bond donors (Lipinski definition) is 1. The number of rotatable bonds is 5. The maximum Gasteiger partial charge on any atom is 0.262 e. The fraction of sp³-hybridized carbons (Fsp3) is 0.200. The number of carbonyl (C=O) groups excluding carboxylic acids is 2. The summed E-state index contributed by atoms with van der Waals surface area (Å²) in [6.45, 7) is 2.27. The van der Waals surface area contributed by atoms with Crippen LogP contribution in [0.15, 0.2) is 54.6 Å². The highest BCUT2D eigenvalue weighted by Gasteiger charge is 2.31. The molecule has 0 unspecified atom stereocenters. The van der Waals surface area contributed by atoms with Crippen LogP contribution < -0.4 is 15.5 Å². The van der Waals surface area contributed by atoms with Gasteiger partial charge in [-0.05, 0) is 60.0 Å². The number of halogens is 3. The van der Waals surface area contributed by atoms with E-state index in [4.69, 9.17) is 17.3 Å². The number of carbonyl (C=O) groups is 2. The van der Waals surface area contributed by atoms with Crippen LogP contribution in [0.5, 0.6) is 0 Å².